The zero-order valence-electron chi connectivity index (χ0n) is 7.41. The van der Waals surface area contributed by atoms with Crippen molar-refractivity contribution in [2.24, 2.45) is 16.9 Å². The van der Waals surface area contributed by atoms with Crippen molar-refractivity contribution in [1.29, 1.82) is 0 Å². The van der Waals surface area contributed by atoms with Crippen LogP contribution in [0.3, 0.4) is 0 Å². The van der Waals surface area contributed by atoms with Gasteiger partial charge < -0.3 is 16.2 Å². The van der Waals surface area contributed by atoms with Gasteiger partial charge >= 0.3 is 0 Å². The summed E-state index contributed by atoms with van der Waals surface area (Å²) in [6.07, 6.45) is 1.32. The first-order valence-corrected chi connectivity index (χ1v) is 4.23. The summed E-state index contributed by atoms with van der Waals surface area (Å²) in [4.78, 5) is 21.9. The molecule has 1 rings (SSSR count). The van der Waals surface area contributed by atoms with Crippen molar-refractivity contribution in [2.45, 2.75) is 19.3 Å². The number of amides is 2. The Labute approximate surface area is 76.4 Å². The van der Waals surface area contributed by atoms with Crippen molar-refractivity contribution in [2.75, 3.05) is 13.2 Å². The highest BCUT2D eigenvalue weighted by Crippen LogP contribution is 2.31. The minimum absolute atomic E-state index is 0.0116. The molecule has 0 aromatic carbocycles. The van der Waals surface area contributed by atoms with Crippen LogP contribution in [0.4, 0.5) is 0 Å². The van der Waals surface area contributed by atoms with Crippen molar-refractivity contribution in [1.82, 2.24) is 0 Å². The van der Waals surface area contributed by atoms with E-state index in [4.69, 9.17) is 16.2 Å². The van der Waals surface area contributed by atoms with E-state index in [0.717, 1.165) is 6.42 Å². The predicted octanol–water partition coefficient (Wildman–Crippen LogP) is -0.856. The van der Waals surface area contributed by atoms with E-state index < -0.39 is 17.2 Å². The lowest BCUT2D eigenvalue weighted by Gasteiger charge is -2.32. The highest BCUT2D eigenvalue weighted by molar-refractivity contribution is 5.87. The van der Waals surface area contributed by atoms with E-state index >= 15 is 0 Å². The van der Waals surface area contributed by atoms with Crippen molar-refractivity contribution >= 4 is 11.8 Å². The van der Waals surface area contributed by atoms with Gasteiger partial charge in [0.1, 0.15) is 0 Å². The van der Waals surface area contributed by atoms with Gasteiger partial charge in [-0.1, -0.05) is 0 Å². The molecular weight excluding hydrogens is 172 g/mol. The minimum atomic E-state index is -0.857. The third kappa shape index (κ3) is 2.18. The number of hydrogen-bond donors (Lipinski definition) is 2. The molecule has 0 bridgehead atoms. The molecule has 1 heterocycles. The summed E-state index contributed by atoms with van der Waals surface area (Å²) >= 11 is 0. The lowest BCUT2D eigenvalue weighted by Crippen LogP contribution is -2.46. The fourth-order valence-corrected chi connectivity index (χ4v) is 1.61. The molecule has 0 saturated carbocycles. The Morgan fingerprint density at radius 2 is 2.08 bits per heavy atom. The van der Waals surface area contributed by atoms with Crippen molar-refractivity contribution in [3.63, 3.8) is 0 Å². The fourth-order valence-electron chi connectivity index (χ4n) is 1.61. The first-order chi connectivity index (χ1) is 6.07. The smallest absolute Gasteiger partial charge is 0.226 e. The van der Waals surface area contributed by atoms with Gasteiger partial charge in [-0.2, -0.15) is 0 Å². The third-order valence-corrected chi connectivity index (χ3v) is 2.36. The summed E-state index contributed by atoms with van der Waals surface area (Å²) in [6.45, 7) is 0.832. The zero-order chi connectivity index (χ0) is 9.90. The van der Waals surface area contributed by atoms with Crippen LogP contribution in [0.25, 0.3) is 0 Å². The number of hydrogen-bond acceptors (Lipinski definition) is 3. The minimum Gasteiger partial charge on any atom is -0.380 e. The van der Waals surface area contributed by atoms with Gasteiger partial charge in [0.05, 0.1) is 12.0 Å². The van der Waals surface area contributed by atoms with E-state index in [-0.39, 0.29) is 13.0 Å². The SMILES string of the molecule is NC(=O)CC1(C(N)=O)CCCOC1. The van der Waals surface area contributed by atoms with Crippen LogP contribution in [0, 0.1) is 5.41 Å². The zero-order valence-corrected chi connectivity index (χ0v) is 7.41. The Morgan fingerprint density at radius 1 is 1.38 bits per heavy atom. The Kier molecular flexibility index (Phi) is 2.87. The molecule has 0 radical (unpaired) electrons. The summed E-state index contributed by atoms with van der Waals surface area (Å²) in [5.74, 6) is -1.00. The van der Waals surface area contributed by atoms with E-state index in [9.17, 15) is 9.59 Å². The maximum absolute atomic E-state index is 11.1. The third-order valence-electron chi connectivity index (χ3n) is 2.36. The topological polar surface area (TPSA) is 95.4 Å². The molecule has 1 saturated heterocycles. The van der Waals surface area contributed by atoms with E-state index in [0.29, 0.717) is 13.0 Å². The molecule has 1 unspecified atom stereocenters. The quantitative estimate of drug-likeness (QED) is 0.600. The van der Waals surface area contributed by atoms with Crippen molar-refractivity contribution in [3.05, 3.63) is 0 Å². The Bertz CT molecular complexity index is 221. The van der Waals surface area contributed by atoms with Gasteiger partial charge in [-0.05, 0) is 12.8 Å². The second kappa shape index (κ2) is 3.74. The van der Waals surface area contributed by atoms with E-state index in [1.165, 1.54) is 0 Å². The number of carbonyl (C=O) groups is 2. The van der Waals surface area contributed by atoms with Crippen LogP contribution in [0.5, 0.6) is 0 Å². The molecule has 1 atom stereocenters. The van der Waals surface area contributed by atoms with Crippen LogP contribution in [0.15, 0.2) is 0 Å². The molecule has 74 valence electrons. The number of rotatable bonds is 3. The van der Waals surface area contributed by atoms with E-state index in [2.05, 4.69) is 0 Å². The van der Waals surface area contributed by atoms with Gasteiger partial charge in [-0.25, -0.2) is 0 Å². The van der Waals surface area contributed by atoms with Gasteiger partial charge in [-0.15, -0.1) is 0 Å². The molecule has 0 spiro atoms. The number of ether oxygens (including phenoxy) is 1. The van der Waals surface area contributed by atoms with Crippen LogP contribution < -0.4 is 11.5 Å². The monoisotopic (exact) mass is 186 g/mol. The molecule has 0 aliphatic carbocycles. The molecule has 4 N–H and O–H groups in total. The molecule has 1 aliphatic rings. The van der Waals surface area contributed by atoms with Crippen molar-refractivity contribution < 1.29 is 14.3 Å². The average molecular weight is 186 g/mol. The molecule has 0 aromatic rings. The molecule has 13 heavy (non-hydrogen) atoms. The Hall–Kier alpha value is -1.10. The van der Waals surface area contributed by atoms with E-state index in [1.54, 1.807) is 0 Å². The van der Waals surface area contributed by atoms with Crippen LogP contribution in [-0.2, 0) is 14.3 Å². The summed E-state index contributed by atoms with van der Waals surface area (Å²) in [5.41, 5.74) is 9.41. The Balaban J connectivity index is 2.73. The first kappa shape index (κ1) is 9.98. The van der Waals surface area contributed by atoms with E-state index in [1.807, 2.05) is 0 Å². The van der Waals surface area contributed by atoms with Gasteiger partial charge in [0.15, 0.2) is 0 Å². The Morgan fingerprint density at radius 3 is 2.46 bits per heavy atom. The summed E-state index contributed by atoms with van der Waals surface area (Å²) < 4.78 is 5.14. The van der Waals surface area contributed by atoms with Crippen LogP contribution in [-0.4, -0.2) is 25.0 Å². The van der Waals surface area contributed by atoms with Crippen LogP contribution in [0.2, 0.25) is 0 Å². The predicted molar refractivity (Wildman–Crippen MR) is 45.5 cm³/mol. The highest BCUT2D eigenvalue weighted by atomic mass is 16.5. The maximum Gasteiger partial charge on any atom is 0.226 e. The first-order valence-electron chi connectivity index (χ1n) is 4.23. The average Bonchev–Trinajstić information content (AvgIpc) is 2.04. The summed E-state index contributed by atoms with van der Waals surface area (Å²) in [7, 11) is 0. The molecule has 5 heteroatoms. The second-order valence-electron chi connectivity index (χ2n) is 3.44. The highest BCUT2D eigenvalue weighted by Gasteiger charge is 2.40. The van der Waals surface area contributed by atoms with Gasteiger partial charge in [0, 0.05) is 13.0 Å². The standard InChI is InChI=1S/C8H14N2O3/c9-6(11)4-8(7(10)12)2-1-3-13-5-8/h1-5H2,(H2,9,11)(H2,10,12). The van der Waals surface area contributed by atoms with Crippen LogP contribution >= 0.6 is 0 Å². The fraction of sp³-hybridized carbons (Fsp3) is 0.750. The normalized spacial score (nSPS) is 28.3. The second-order valence-corrected chi connectivity index (χ2v) is 3.44. The summed E-state index contributed by atoms with van der Waals surface area (Å²) in [5, 5.41) is 0. The van der Waals surface area contributed by atoms with Gasteiger partial charge in [-0.3, -0.25) is 9.59 Å². The summed E-state index contributed by atoms with van der Waals surface area (Å²) in [6, 6.07) is 0. The van der Waals surface area contributed by atoms with Crippen molar-refractivity contribution in [3.8, 4) is 0 Å². The molecule has 2 amide bonds. The number of carbonyl (C=O) groups excluding carboxylic acids is 2. The lowest BCUT2D eigenvalue weighted by molar-refractivity contribution is -0.141. The molecular formula is C8H14N2O3. The lowest BCUT2D eigenvalue weighted by atomic mass is 9.78. The molecule has 1 fully saturated rings. The largest absolute Gasteiger partial charge is 0.380 e. The maximum atomic E-state index is 11.1. The van der Waals surface area contributed by atoms with Gasteiger partial charge in [0.25, 0.3) is 0 Å². The number of nitrogens with two attached hydrogens (primary N) is 2. The van der Waals surface area contributed by atoms with Gasteiger partial charge in [0.2, 0.25) is 11.8 Å². The van der Waals surface area contributed by atoms with Crippen LogP contribution in [0.1, 0.15) is 19.3 Å². The molecule has 1 aliphatic heterocycles. The molecule has 5 nitrogen and oxygen atoms in total. The number of primary amides is 2. The molecule has 0 aromatic heterocycles.